The maximum Gasteiger partial charge on any atom is 0.254 e. The van der Waals surface area contributed by atoms with E-state index >= 15 is 0 Å². The fourth-order valence-electron chi connectivity index (χ4n) is 3.22. The zero-order chi connectivity index (χ0) is 20.8. The Morgan fingerprint density at radius 3 is 2.52 bits per heavy atom. The largest absolute Gasteiger partial charge is 0.340 e. The number of carbonyl (C=O) groups excluding carboxylic acids is 2. The van der Waals surface area contributed by atoms with E-state index in [1.807, 2.05) is 6.07 Å². The van der Waals surface area contributed by atoms with Crippen molar-refractivity contribution in [1.29, 1.82) is 0 Å². The molecule has 3 rings (SSSR count). The number of carbonyl (C=O) groups is 2. The van der Waals surface area contributed by atoms with Gasteiger partial charge in [-0.05, 0) is 35.9 Å². The highest BCUT2D eigenvalue weighted by Crippen LogP contribution is 2.17. The molecule has 0 spiro atoms. The second-order valence-corrected chi connectivity index (χ2v) is 7.30. The van der Waals surface area contributed by atoms with Crippen molar-refractivity contribution in [3.63, 3.8) is 0 Å². The molecular weight excluding hydrogens is 400 g/mol. The Hall–Kier alpha value is -2.51. The first-order valence-corrected chi connectivity index (χ1v) is 9.79. The molecule has 0 atom stereocenters. The van der Waals surface area contributed by atoms with E-state index in [4.69, 9.17) is 11.6 Å². The minimum absolute atomic E-state index is 0.0283. The van der Waals surface area contributed by atoms with E-state index in [0.29, 0.717) is 18.1 Å². The molecule has 1 aliphatic rings. The summed E-state index contributed by atoms with van der Waals surface area (Å²) in [4.78, 5) is 28.7. The topological polar surface area (TPSA) is 52.7 Å². The molecular formula is C21H22ClF2N3O2. The van der Waals surface area contributed by atoms with Crippen LogP contribution in [0.2, 0.25) is 5.02 Å². The highest BCUT2D eigenvalue weighted by molar-refractivity contribution is 6.30. The Labute approximate surface area is 173 Å². The van der Waals surface area contributed by atoms with Crippen molar-refractivity contribution in [2.24, 2.45) is 0 Å². The van der Waals surface area contributed by atoms with Crippen molar-refractivity contribution >= 4 is 23.4 Å². The minimum atomic E-state index is -1.09. The predicted octanol–water partition coefficient (Wildman–Crippen LogP) is 3.08. The van der Waals surface area contributed by atoms with E-state index in [-0.39, 0.29) is 31.0 Å². The van der Waals surface area contributed by atoms with Crippen molar-refractivity contribution in [2.75, 3.05) is 32.7 Å². The lowest BCUT2D eigenvalue weighted by Crippen LogP contribution is -2.47. The standard InChI is InChI=1S/C21H22ClF2N3O2/c22-17-3-1-2-15(12-17)14-27(9-6-20(28)26-10-7-25-8-11-26)21(29)16-4-5-18(23)19(24)13-16/h1-5,12-13,25H,6-11,14H2. The summed E-state index contributed by atoms with van der Waals surface area (Å²) in [7, 11) is 0. The lowest BCUT2D eigenvalue weighted by Gasteiger charge is -2.29. The third-order valence-electron chi connectivity index (χ3n) is 4.78. The Bertz CT molecular complexity index is 888. The Morgan fingerprint density at radius 1 is 1.07 bits per heavy atom. The van der Waals surface area contributed by atoms with Crippen LogP contribution < -0.4 is 5.32 Å². The van der Waals surface area contributed by atoms with Gasteiger partial charge in [-0.15, -0.1) is 0 Å². The smallest absolute Gasteiger partial charge is 0.254 e. The summed E-state index contributed by atoms with van der Waals surface area (Å²) in [5, 5.41) is 3.71. The van der Waals surface area contributed by atoms with Gasteiger partial charge in [-0.2, -0.15) is 0 Å². The molecule has 0 radical (unpaired) electrons. The number of benzene rings is 2. The summed E-state index contributed by atoms with van der Waals surface area (Å²) in [5.41, 5.74) is 0.809. The van der Waals surface area contributed by atoms with E-state index in [9.17, 15) is 18.4 Å². The fourth-order valence-corrected chi connectivity index (χ4v) is 3.44. The summed E-state index contributed by atoms with van der Waals surface area (Å²) >= 11 is 6.03. The van der Waals surface area contributed by atoms with E-state index in [0.717, 1.165) is 30.8 Å². The number of piperazine rings is 1. The molecule has 2 aromatic carbocycles. The van der Waals surface area contributed by atoms with Crippen LogP contribution in [0.5, 0.6) is 0 Å². The highest BCUT2D eigenvalue weighted by Gasteiger charge is 2.21. The average Bonchev–Trinajstić information content (AvgIpc) is 2.73. The Kier molecular flexibility index (Phi) is 7.17. The lowest BCUT2D eigenvalue weighted by molar-refractivity contribution is -0.132. The van der Waals surface area contributed by atoms with Crippen LogP contribution in [0.3, 0.4) is 0 Å². The van der Waals surface area contributed by atoms with Crippen LogP contribution in [0.4, 0.5) is 8.78 Å². The maximum atomic E-state index is 13.6. The van der Waals surface area contributed by atoms with E-state index < -0.39 is 17.5 Å². The molecule has 1 heterocycles. The molecule has 5 nitrogen and oxygen atoms in total. The minimum Gasteiger partial charge on any atom is -0.340 e. The van der Waals surface area contributed by atoms with Crippen LogP contribution in [-0.2, 0) is 11.3 Å². The molecule has 8 heteroatoms. The molecule has 1 fully saturated rings. The van der Waals surface area contributed by atoms with Crippen LogP contribution in [0, 0.1) is 11.6 Å². The van der Waals surface area contributed by atoms with Crippen LogP contribution in [0.1, 0.15) is 22.3 Å². The van der Waals surface area contributed by atoms with Gasteiger partial charge in [0.2, 0.25) is 5.91 Å². The van der Waals surface area contributed by atoms with Gasteiger partial charge in [0.25, 0.3) is 5.91 Å². The number of halogens is 3. The molecule has 1 aliphatic heterocycles. The summed E-state index contributed by atoms with van der Waals surface area (Å²) in [6, 6.07) is 10.1. The van der Waals surface area contributed by atoms with Gasteiger partial charge in [-0.1, -0.05) is 23.7 Å². The van der Waals surface area contributed by atoms with Crippen molar-refractivity contribution < 1.29 is 18.4 Å². The predicted molar refractivity (Wildman–Crippen MR) is 107 cm³/mol. The molecule has 0 aromatic heterocycles. The molecule has 0 unspecified atom stereocenters. The van der Waals surface area contributed by atoms with Gasteiger partial charge < -0.3 is 15.1 Å². The van der Waals surface area contributed by atoms with Crippen molar-refractivity contribution in [3.05, 3.63) is 70.2 Å². The van der Waals surface area contributed by atoms with E-state index in [1.165, 1.54) is 11.0 Å². The quantitative estimate of drug-likeness (QED) is 0.779. The second kappa shape index (κ2) is 9.80. The van der Waals surface area contributed by atoms with Gasteiger partial charge in [0.1, 0.15) is 0 Å². The number of rotatable bonds is 6. The van der Waals surface area contributed by atoms with Crippen molar-refractivity contribution in [1.82, 2.24) is 15.1 Å². The van der Waals surface area contributed by atoms with Gasteiger partial charge in [0, 0.05) is 56.3 Å². The fraction of sp³-hybridized carbons (Fsp3) is 0.333. The molecule has 0 saturated carbocycles. The molecule has 0 bridgehead atoms. The molecule has 2 aromatic rings. The third-order valence-corrected chi connectivity index (χ3v) is 5.02. The molecule has 2 amide bonds. The van der Waals surface area contributed by atoms with Gasteiger partial charge in [0.15, 0.2) is 11.6 Å². The number of nitrogens with one attached hydrogen (secondary N) is 1. The zero-order valence-corrected chi connectivity index (χ0v) is 16.6. The molecule has 154 valence electrons. The SMILES string of the molecule is O=C(CCN(Cc1cccc(Cl)c1)C(=O)c1ccc(F)c(F)c1)N1CCNCC1. The maximum absolute atomic E-state index is 13.6. The number of nitrogens with zero attached hydrogens (tertiary/aromatic N) is 2. The summed E-state index contributed by atoms with van der Waals surface area (Å²) < 4.78 is 26.9. The summed E-state index contributed by atoms with van der Waals surface area (Å²) in [6.45, 7) is 3.10. The Morgan fingerprint density at radius 2 is 1.83 bits per heavy atom. The first-order chi connectivity index (χ1) is 13.9. The van der Waals surface area contributed by atoms with Gasteiger partial charge in [-0.3, -0.25) is 9.59 Å². The number of hydrogen-bond acceptors (Lipinski definition) is 3. The first-order valence-electron chi connectivity index (χ1n) is 9.41. The Balaban J connectivity index is 1.75. The normalized spacial score (nSPS) is 14.0. The summed E-state index contributed by atoms with van der Waals surface area (Å²) in [6.07, 6.45) is 0.149. The van der Waals surface area contributed by atoms with Crippen LogP contribution >= 0.6 is 11.6 Å². The highest BCUT2D eigenvalue weighted by atomic mass is 35.5. The number of amides is 2. The average molecular weight is 422 g/mol. The number of hydrogen-bond donors (Lipinski definition) is 1. The summed E-state index contributed by atoms with van der Waals surface area (Å²) in [5.74, 6) is -2.62. The van der Waals surface area contributed by atoms with Crippen LogP contribution in [0.15, 0.2) is 42.5 Å². The molecule has 29 heavy (non-hydrogen) atoms. The van der Waals surface area contributed by atoms with Crippen LogP contribution in [0.25, 0.3) is 0 Å². The molecule has 1 saturated heterocycles. The third kappa shape index (κ3) is 5.74. The van der Waals surface area contributed by atoms with E-state index in [2.05, 4.69) is 5.32 Å². The zero-order valence-electron chi connectivity index (χ0n) is 15.8. The molecule has 0 aliphatic carbocycles. The van der Waals surface area contributed by atoms with Gasteiger partial charge >= 0.3 is 0 Å². The van der Waals surface area contributed by atoms with Crippen molar-refractivity contribution in [3.8, 4) is 0 Å². The van der Waals surface area contributed by atoms with E-state index in [1.54, 1.807) is 23.1 Å². The monoisotopic (exact) mass is 421 g/mol. The van der Waals surface area contributed by atoms with Crippen LogP contribution in [-0.4, -0.2) is 54.3 Å². The van der Waals surface area contributed by atoms with Crippen molar-refractivity contribution in [2.45, 2.75) is 13.0 Å². The van der Waals surface area contributed by atoms with Gasteiger partial charge in [-0.25, -0.2) is 8.78 Å². The molecule has 1 N–H and O–H groups in total. The van der Waals surface area contributed by atoms with Gasteiger partial charge in [0.05, 0.1) is 0 Å². The first kappa shape index (κ1) is 21.2. The lowest BCUT2D eigenvalue weighted by atomic mass is 10.1. The second-order valence-electron chi connectivity index (χ2n) is 6.87.